The van der Waals surface area contributed by atoms with Crippen molar-refractivity contribution in [3.63, 3.8) is 0 Å². The minimum absolute atomic E-state index is 0.107. The van der Waals surface area contributed by atoms with E-state index in [-0.39, 0.29) is 11.3 Å². The van der Waals surface area contributed by atoms with Crippen molar-refractivity contribution in [2.75, 3.05) is 6.61 Å². The summed E-state index contributed by atoms with van der Waals surface area (Å²) in [7, 11) is 1.50. The Hall–Kier alpha value is -0.660. The van der Waals surface area contributed by atoms with Gasteiger partial charge in [-0.05, 0) is 19.3 Å². The quantitative estimate of drug-likeness (QED) is 0.766. The molecule has 0 aromatic carbocycles. The molecular formula is C10H16ClN3O3S. The number of nitrogens with zero attached hydrogens (tertiary/aromatic N) is 3. The van der Waals surface area contributed by atoms with E-state index < -0.39 is 9.05 Å². The molecule has 1 aliphatic heterocycles. The predicted molar refractivity (Wildman–Crippen MR) is 66.0 cm³/mol. The number of hydrogen-bond acceptors (Lipinski definition) is 5. The summed E-state index contributed by atoms with van der Waals surface area (Å²) in [6.45, 7) is 3.25. The van der Waals surface area contributed by atoms with Crippen molar-refractivity contribution in [3.05, 3.63) is 5.82 Å². The fourth-order valence-corrected chi connectivity index (χ4v) is 3.05. The lowest BCUT2D eigenvalue weighted by atomic mass is 10.2. The molecule has 0 amide bonds. The lowest BCUT2D eigenvalue weighted by Gasteiger charge is -2.10. The van der Waals surface area contributed by atoms with Gasteiger partial charge in [0.1, 0.15) is 5.82 Å². The minimum Gasteiger partial charge on any atom is -0.378 e. The molecule has 0 spiro atoms. The third kappa shape index (κ3) is 3.02. The second-order valence-corrected chi connectivity index (χ2v) is 6.79. The topological polar surface area (TPSA) is 74.1 Å². The molecule has 1 aromatic rings. The van der Waals surface area contributed by atoms with Crippen LogP contribution in [0.5, 0.6) is 0 Å². The molecule has 6 nitrogen and oxygen atoms in total. The van der Waals surface area contributed by atoms with Crippen LogP contribution in [-0.2, 0) is 26.8 Å². The monoisotopic (exact) mass is 293 g/mol. The maximum absolute atomic E-state index is 11.4. The maximum atomic E-state index is 11.4. The highest BCUT2D eigenvalue weighted by atomic mass is 35.7. The first-order valence-electron chi connectivity index (χ1n) is 6.00. The SMILES string of the molecule is CCCn1c(CC2CCCO2)nnc1S(=O)(=O)Cl. The molecule has 1 aliphatic rings. The molecule has 1 saturated heterocycles. The molecule has 0 saturated carbocycles. The van der Waals surface area contributed by atoms with E-state index in [9.17, 15) is 8.42 Å². The molecule has 0 aliphatic carbocycles. The molecule has 0 radical (unpaired) electrons. The first kappa shape index (κ1) is 13.8. The van der Waals surface area contributed by atoms with Crippen LogP contribution in [0.25, 0.3) is 0 Å². The largest absolute Gasteiger partial charge is 0.378 e. The van der Waals surface area contributed by atoms with Crippen LogP contribution in [0.2, 0.25) is 0 Å². The highest BCUT2D eigenvalue weighted by molar-refractivity contribution is 8.13. The summed E-state index contributed by atoms with van der Waals surface area (Å²) in [5.74, 6) is 0.628. The van der Waals surface area contributed by atoms with Crippen molar-refractivity contribution in [2.45, 2.75) is 50.4 Å². The van der Waals surface area contributed by atoms with Gasteiger partial charge in [0.25, 0.3) is 14.2 Å². The van der Waals surface area contributed by atoms with Crippen molar-refractivity contribution in [1.29, 1.82) is 0 Å². The first-order chi connectivity index (χ1) is 8.52. The number of hydrogen-bond donors (Lipinski definition) is 0. The van der Waals surface area contributed by atoms with Crippen LogP contribution in [0.15, 0.2) is 5.16 Å². The first-order valence-corrected chi connectivity index (χ1v) is 8.31. The van der Waals surface area contributed by atoms with Gasteiger partial charge < -0.3 is 9.30 Å². The second-order valence-electron chi connectivity index (χ2n) is 4.33. The Morgan fingerprint density at radius 2 is 2.28 bits per heavy atom. The van der Waals surface area contributed by atoms with Gasteiger partial charge in [-0.2, -0.15) is 0 Å². The second kappa shape index (κ2) is 5.54. The highest BCUT2D eigenvalue weighted by Gasteiger charge is 2.25. The zero-order valence-electron chi connectivity index (χ0n) is 10.2. The molecule has 8 heteroatoms. The van der Waals surface area contributed by atoms with E-state index in [4.69, 9.17) is 15.4 Å². The Labute approximate surface area is 111 Å². The summed E-state index contributed by atoms with van der Waals surface area (Å²) in [5, 5.41) is 7.45. The standard InChI is InChI=1S/C10H16ClN3O3S/c1-2-5-14-9(7-8-4-3-6-17-8)12-13-10(14)18(11,15)16/h8H,2-7H2,1H3. The number of halogens is 1. The van der Waals surface area contributed by atoms with Crippen molar-refractivity contribution < 1.29 is 13.2 Å². The van der Waals surface area contributed by atoms with Crippen LogP contribution in [0.3, 0.4) is 0 Å². The van der Waals surface area contributed by atoms with Gasteiger partial charge in [0.2, 0.25) is 0 Å². The van der Waals surface area contributed by atoms with Gasteiger partial charge in [-0.15, -0.1) is 10.2 Å². The molecule has 0 N–H and O–H groups in total. The van der Waals surface area contributed by atoms with Gasteiger partial charge in [0.05, 0.1) is 6.10 Å². The number of ether oxygens (including phenoxy) is 1. The molecule has 1 atom stereocenters. The summed E-state index contributed by atoms with van der Waals surface area (Å²) in [5.41, 5.74) is 0. The van der Waals surface area contributed by atoms with E-state index in [0.717, 1.165) is 25.9 Å². The average molecular weight is 294 g/mol. The Morgan fingerprint density at radius 1 is 1.50 bits per heavy atom. The smallest absolute Gasteiger partial charge is 0.296 e. The van der Waals surface area contributed by atoms with E-state index in [1.807, 2.05) is 6.92 Å². The Morgan fingerprint density at radius 3 is 2.83 bits per heavy atom. The Kier molecular flexibility index (Phi) is 4.24. The minimum atomic E-state index is -3.85. The van der Waals surface area contributed by atoms with Gasteiger partial charge in [0, 0.05) is 30.3 Å². The van der Waals surface area contributed by atoms with Crippen molar-refractivity contribution in [3.8, 4) is 0 Å². The summed E-state index contributed by atoms with van der Waals surface area (Å²) in [6.07, 6.45) is 3.49. The molecule has 1 fully saturated rings. The van der Waals surface area contributed by atoms with Gasteiger partial charge in [-0.3, -0.25) is 0 Å². The van der Waals surface area contributed by atoms with Gasteiger partial charge >= 0.3 is 0 Å². The molecule has 18 heavy (non-hydrogen) atoms. The summed E-state index contributed by atoms with van der Waals surface area (Å²) >= 11 is 0. The van der Waals surface area contributed by atoms with Crippen molar-refractivity contribution in [1.82, 2.24) is 14.8 Å². The van der Waals surface area contributed by atoms with Gasteiger partial charge in [0.15, 0.2) is 0 Å². The molecule has 1 unspecified atom stereocenters. The average Bonchev–Trinajstić information content (AvgIpc) is 2.89. The van der Waals surface area contributed by atoms with E-state index in [0.29, 0.717) is 18.8 Å². The summed E-state index contributed by atoms with van der Waals surface area (Å²) in [6, 6.07) is 0. The molecule has 2 heterocycles. The van der Waals surface area contributed by atoms with Gasteiger partial charge in [-0.25, -0.2) is 8.42 Å². The fraction of sp³-hybridized carbons (Fsp3) is 0.800. The number of aromatic nitrogens is 3. The molecule has 0 bridgehead atoms. The van der Waals surface area contributed by atoms with Crippen LogP contribution in [0, 0.1) is 0 Å². The maximum Gasteiger partial charge on any atom is 0.296 e. The van der Waals surface area contributed by atoms with Crippen molar-refractivity contribution >= 4 is 19.7 Å². The van der Waals surface area contributed by atoms with Crippen LogP contribution in [0.4, 0.5) is 0 Å². The molecule has 1 aromatic heterocycles. The fourth-order valence-electron chi connectivity index (χ4n) is 2.11. The van der Waals surface area contributed by atoms with E-state index >= 15 is 0 Å². The van der Waals surface area contributed by atoms with Crippen LogP contribution >= 0.6 is 10.7 Å². The highest BCUT2D eigenvalue weighted by Crippen LogP contribution is 2.20. The zero-order chi connectivity index (χ0) is 13.2. The summed E-state index contributed by atoms with van der Waals surface area (Å²) < 4.78 is 29.9. The number of rotatable bonds is 5. The Bertz CT molecular complexity index is 508. The van der Waals surface area contributed by atoms with Crippen molar-refractivity contribution in [2.24, 2.45) is 0 Å². The molecule has 2 rings (SSSR count). The van der Waals surface area contributed by atoms with Crippen LogP contribution in [-0.4, -0.2) is 35.9 Å². The predicted octanol–water partition coefficient (Wildman–Crippen LogP) is 1.34. The summed E-state index contributed by atoms with van der Waals surface area (Å²) in [4.78, 5) is 0. The lowest BCUT2D eigenvalue weighted by molar-refractivity contribution is 0.109. The molecular weight excluding hydrogens is 278 g/mol. The zero-order valence-corrected chi connectivity index (χ0v) is 11.7. The normalized spacial score (nSPS) is 20.4. The third-order valence-corrected chi connectivity index (χ3v) is 4.05. The Balaban J connectivity index is 2.26. The van der Waals surface area contributed by atoms with Gasteiger partial charge in [-0.1, -0.05) is 6.92 Å². The van der Waals surface area contributed by atoms with E-state index in [2.05, 4.69) is 10.2 Å². The van der Waals surface area contributed by atoms with Crippen LogP contribution < -0.4 is 0 Å². The van der Waals surface area contributed by atoms with E-state index in [1.165, 1.54) is 0 Å². The van der Waals surface area contributed by atoms with Crippen LogP contribution in [0.1, 0.15) is 32.0 Å². The lowest BCUT2D eigenvalue weighted by Crippen LogP contribution is -2.16. The third-order valence-electron chi connectivity index (χ3n) is 2.89. The van der Waals surface area contributed by atoms with E-state index in [1.54, 1.807) is 4.57 Å². The molecule has 102 valence electrons.